The summed E-state index contributed by atoms with van der Waals surface area (Å²) in [7, 11) is 0. The Bertz CT molecular complexity index is 1240. The van der Waals surface area contributed by atoms with Gasteiger partial charge in [0.1, 0.15) is 23.3 Å². The van der Waals surface area contributed by atoms with Crippen molar-refractivity contribution in [2.24, 2.45) is 5.92 Å². The number of allylic oxidation sites excluding steroid dienone is 4. The molecule has 0 bridgehead atoms. The number of nitrogens with zero attached hydrogens (tertiary/aromatic N) is 2. The van der Waals surface area contributed by atoms with E-state index in [1.807, 2.05) is 30.4 Å². The zero-order valence-electron chi connectivity index (χ0n) is 23.7. The van der Waals surface area contributed by atoms with Gasteiger partial charge in [-0.3, -0.25) is 14.5 Å². The highest BCUT2D eigenvalue weighted by molar-refractivity contribution is 5.98. The van der Waals surface area contributed by atoms with E-state index in [1.165, 1.54) is 12.1 Å². The Balaban J connectivity index is 1.60. The average Bonchev–Trinajstić information content (AvgIpc) is 2.90. The summed E-state index contributed by atoms with van der Waals surface area (Å²) < 4.78 is 6.22. The zero-order valence-corrected chi connectivity index (χ0v) is 23.7. The molecule has 0 aromatic heterocycles. The van der Waals surface area contributed by atoms with Gasteiger partial charge in [-0.05, 0) is 88.1 Å². The molecule has 0 fully saturated rings. The Morgan fingerprint density at radius 3 is 2.59 bits per heavy atom. The molecule has 0 spiro atoms. The molecule has 2 N–H and O–H groups in total. The van der Waals surface area contributed by atoms with Gasteiger partial charge in [0.25, 0.3) is 5.91 Å². The molecule has 0 radical (unpaired) electrons. The molecule has 2 aromatic carbocycles. The van der Waals surface area contributed by atoms with Crippen molar-refractivity contribution in [2.75, 3.05) is 19.6 Å². The third-order valence-electron chi connectivity index (χ3n) is 7.55. The van der Waals surface area contributed by atoms with E-state index in [9.17, 15) is 14.7 Å². The number of fused-ring (bicyclic) bond motifs is 1. The van der Waals surface area contributed by atoms with Crippen LogP contribution in [-0.2, 0) is 11.2 Å². The van der Waals surface area contributed by atoms with Crippen LogP contribution in [0.25, 0.3) is 0 Å². The molecule has 2 amide bonds. The first kappa shape index (κ1) is 28.4. The minimum absolute atomic E-state index is 0.0182. The molecule has 2 unspecified atom stereocenters. The molecule has 2 atom stereocenters. The van der Waals surface area contributed by atoms with Crippen molar-refractivity contribution in [2.45, 2.75) is 65.6 Å². The normalized spacial score (nSPS) is 18.8. The number of carbonyl (C=O) groups is 2. The highest BCUT2D eigenvalue weighted by atomic mass is 16.5. The molecule has 2 aliphatic rings. The van der Waals surface area contributed by atoms with Crippen LogP contribution >= 0.6 is 0 Å². The number of carbonyl (C=O) groups excluding carboxylic acids is 2. The lowest BCUT2D eigenvalue weighted by atomic mass is 9.91. The Morgan fingerprint density at radius 2 is 1.90 bits per heavy atom. The standard InChI is InChI=1S/C32H41N3O4/c1-21(2)34(22(3)4)18-16-33-31(37)30-28-14-13-27(39-29-12-7-6-9-23(29)5)20-24(28)15-17-35(30)32(38)25-10-8-11-26(36)19-25/h6-8,10-14,19-23,30,36H,9,15-18H2,1-5H3,(H,33,37). The van der Waals surface area contributed by atoms with Crippen LogP contribution in [0, 0.1) is 5.92 Å². The molecule has 7 nitrogen and oxygen atoms in total. The maximum atomic E-state index is 13.7. The summed E-state index contributed by atoms with van der Waals surface area (Å²) in [5, 5.41) is 13.1. The third kappa shape index (κ3) is 6.71. The number of benzene rings is 2. The van der Waals surface area contributed by atoms with Crippen LogP contribution in [0.5, 0.6) is 11.5 Å². The molecule has 2 aromatic rings. The van der Waals surface area contributed by atoms with E-state index in [2.05, 4.69) is 50.9 Å². The van der Waals surface area contributed by atoms with Crippen LogP contribution in [0.15, 0.2) is 66.5 Å². The summed E-state index contributed by atoms with van der Waals surface area (Å²) in [6.45, 7) is 12.3. The Labute approximate surface area is 232 Å². The fourth-order valence-corrected chi connectivity index (χ4v) is 5.49. The van der Waals surface area contributed by atoms with Crippen LogP contribution in [0.1, 0.15) is 68.6 Å². The average molecular weight is 532 g/mol. The van der Waals surface area contributed by atoms with E-state index in [4.69, 9.17) is 4.74 Å². The predicted molar refractivity (Wildman–Crippen MR) is 154 cm³/mol. The Hall–Kier alpha value is -3.58. The summed E-state index contributed by atoms with van der Waals surface area (Å²) in [6, 6.07) is 12.0. The molecular weight excluding hydrogens is 490 g/mol. The summed E-state index contributed by atoms with van der Waals surface area (Å²) in [5.74, 6) is 1.48. The van der Waals surface area contributed by atoms with E-state index in [1.54, 1.807) is 17.0 Å². The number of phenols is 1. The number of hydrogen-bond donors (Lipinski definition) is 2. The van der Waals surface area contributed by atoms with E-state index >= 15 is 0 Å². The van der Waals surface area contributed by atoms with Gasteiger partial charge < -0.3 is 20.1 Å². The summed E-state index contributed by atoms with van der Waals surface area (Å²) in [4.78, 5) is 31.3. The van der Waals surface area contributed by atoms with Crippen molar-refractivity contribution in [3.8, 4) is 11.5 Å². The minimum Gasteiger partial charge on any atom is -0.508 e. The minimum atomic E-state index is -0.778. The quantitative estimate of drug-likeness (QED) is 0.463. The lowest BCUT2D eigenvalue weighted by Crippen LogP contribution is -2.49. The molecule has 0 saturated heterocycles. The molecule has 7 heteroatoms. The first-order valence-corrected chi connectivity index (χ1v) is 14.0. The number of phenolic OH excluding ortho intramolecular Hbond substituents is 1. The maximum Gasteiger partial charge on any atom is 0.254 e. The molecule has 39 heavy (non-hydrogen) atoms. The van der Waals surface area contributed by atoms with Gasteiger partial charge in [0, 0.05) is 43.2 Å². The first-order valence-electron chi connectivity index (χ1n) is 14.0. The highest BCUT2D eigenvalue weighted by Crippen LogP contribution is 2.35. The summed E-state index contributed by atoms with van der Waals surface area (Å²) in [6.07, 6.45) is 7.68. The smallest absolute Gasteiger partial charge is 0.254 e. The molecule has 208 valence electrons. The van der Waals surface area contributed by atoms with E-state index in [0.29, 0.717) is 43.1 Å². The second kappa shape index (κ2) is 12.5. The topological polar surface area (TPSA) is 82.1 Å². The van der Waals surface area contributed by atoms with Crippen molar-refractivity contribution in [1.82, 2.24) is 15.1 Å². The van der Waals surface area contributed by atoms with Crippen molar-refractivity contribution in [3.63, 3.8) is 0 Å². The third-order valence-corrected chi connectivity index (χ3v) is 7.55. The van der Waals surface area contributed by atoms with Gasteiger partial charge in [0.2, 0.25) is 5.91 Å². The predicted octanol–water partition coefficient (Wildman–Crippen LogP) is 5.23. The van der Waals surface area contributed by atoms with Crippen LogP contribution in [-0.4, -0.2) is 58.4 Å². The fraction of sp³-hybridized carbons (Fsp3) is 0.438. The molecular formula is C32H41N3O4. The van der Waals surface area contributed by atoms with Gasteiger partial charge in [-0.15, -0.1) is 0 Å². The molecule has 0 saturated carbocycles. The second-order valence-corrected chi connectivity index (χ2v) is 11.0. The summed E-state index contributed by atoms with van der Waals surface area (Å²) in [5.41, 5.74) is 2.15. The Morgan fingerprint density at radius 1 is 1.13 bits per heavy atom. The van der Waals surface area contributed by atoms with Crippen LogP contribution in [0.4, 0.5) is 0 Å². The van der Waals surface area contributed by atoms with Crippen molar-refractivity contribution >= 4 is 11.8 Å². The van der Waals surface area contributed by atoms with Gasteiger partial charge >= 0.3 is 0 Å². The van der Waals surface area contributed by atoms with Crippen molar-refractivity contribution in [1.29, 1.82) is 0 Å². The molecule has 1 heterocycles. The van der Waals surface area contributed by atoms with Gasteiger partial charge in [0.05, 0.1) is 0 Å². The lowest BCUT2D eigenvalue weighted by Gasteiger charge is -2.37. The van der Waals surface area contributed by atoms with Crippen LogP contribution in [0.2, 0.25) is 0 Å². The van der Waals surface area contributed by atoms with E-state index in [0.717, 1.165) is 35.6 Å². The number of amides is 2. The zero-order chi connectivity index (χ0) is 28.1. The van der Waals surface area contributed by atoms with Crippen LogP contribution < -0.4 is 10.1 Å². The van der Waals surface area contributed by atoms with Gasteiger partial charge in [-0.1, -0.05) is 31.2 Å². The highest BCUT2D eigenvalue weighted by Gasteiger charge is 2.36. The van der Waals surface area contributed by atoms with E-state index < -0.39 is 6.04 Å². The van der Waals surface area contributed by atoms with Crippen LogP contribution in [0.3, 0.4) is 0 Å². The van der Waals surface area contributed by atoms with Gasteiger partial charge in [0.15, 0.2) is 0 Å². The molecule has 4 rings (SSSR count). The number of rotatable bonds is 9. The SMILES string of the molecule is CC1CC=CC=C1Oc1ccc2c(c1)CCN(C(=O)c1cccc(O)c1)C2C(=O)NCCN(C(C)C)C(C)C. The monoisotopic (exact) mass is 531 g/mol. The number of hydrogen-bond acceptors (Lipinski definition) is 5. The second-order valence-electron chi connectivity index (χ2n) is 11.0. The summed E-state index contributed by atoms with van der Waals surface area (Å²) >= 11 is 0. The van der Waals surface area contributed by atoms with Crippen molar-refractivity contribution in [3.05, 3.63) is 83.1 Å². The first-order chi connectivity index (χ1) is 18.7. The largest absolute Gasteiger partial charge is 0.508 e. The molecule has 1 aliphatic heterocycles. The fourth-order valence-electron chi connectivity index (χ4n) is 5.49. The maximum absolute atomic E-state index is 13.7. The number of ether oxygens (including phenoxy) is 1. The van der Waals surface area contributed by atoms with Gasteiger partial charge in [-0.2, -0.15) is 0 Å². The Kier molecular flexibility index (Phi) is 9.12. The van der Waals surface area contributed by atoms with Gasteiger partial charge in [-0.25, -0.2) is 0 Å². The number of nitrogens with one attached hydrogen (secondary N) is 1. The lowest BCUT2D eigenvalue weighted by molar-refractivity contribution is -0.126. The number of aromatic hydroxyl groups is 1. The van der Waals surface area contributed by atoms with Crippen molar-refractivity contribution < 1.29 is 19.4 Å². The molecule has 1 aliphatic carbocycles. The van der Waals surface area contributed by atoms with E-state index in [-0.39, 0.29) is 17.6 Å².